The molecule has 0 bridgehead atoms. The van der Waals surface area contributed by atoms with Crippen LogP contribution >= 0.6 is 11.3 Å². The molecule has 1 aliphatic rings. The number of hydrogen-bond donors (Lipinski definition) is 0. The van der Waals surface area contributed by atoms with Crippen LogP contribution in [0.1, 0.15) is 38.4 Å². The summed E-state index contributed by atoms with van der Waals surface area (Å²) in [6.07, 6.45) is 1.35. The molecule has 0 radical (unpaired) electrons. The molecule has 2 heterocycles. The molecule has 1 aromatic heterocycles. The highest BCUT2D eigenvalue weighted by atomic mass is 32.1. The topological polar surface area (TPSA) is 63.7 Å². The molecule has 1 saturated heterocycles. The molecule has 0 unspecified atom stereocenters. The summed E-state index contributed by atoms with van der Waals surface area (Å²) < 4.78 is 6.30. The first-order chi connectivity index (χ1) is 13.5. The van der Waals surface area contributed by atoms with Gasteiger partial charge in [0.1, 0.15) is 4.88 Å². The van der Waals surface area contributed by atoms with Crippen LogP contribution in [-0.4, -0.2) is 30.8 Å². The molecule has 2 aromatic carbocycles. The predicted molar refractivity (Wildman–Crippen MR) is 109 cm³/mol. The number of ether oxygens (including phenoxy) is 1. The zero-order chi connectivity index (χ0) is 19.7. The molecule has 5 nitrogen and oxygen atoms in total. The summed E-state index contributed by atoms with van der Waals surface area (Å²) >= 11 is 1.37. The maximum Gasteiger partial charge on any atom is 0.349 e. The molecule has 142 valence electrons. The summed E-state index contributed by atoms with van der Waals surface area (Å²) in [6.45, 7) is 2.22. The second kappa shape index (κ2) is 7.56. The molecule has 0 saturated carbocycles. The Morgan fingerprint density at radius 1 is 1.14 bits per heavy atom. The van der Waals surface area contributed by atoms with E-state index in [-0.39, 0.29) is 18.3 Å². The van der Waals surface area contributed by atoms with E-state index in [4.69, 9.17) is 4.74 Å². The van der Waals surface area contributed by atoms with Gasteiger partial charge in [0.2, 0.25) is 5.91 Å². The molecule has 1 fully saturated rings. The number of fused-ring (bicyclic) bond motifs is 1. The quantitative estimate of drug-likeness (QED) is 0.477. The summed E-state index contributed by atoms with van der Waals surface area (Å²) in [5, 5.41) is 1.02. The van der Waals surface area contributed by atoms with E-state index in [1.165, 1.54) is 11.3 Å². The number of anilines is 1. The van der Waals surface area contributed by atoms with E-state index in [2.05, 4.69) is 0 Å². The maximum atomic E-state index is 12.5. The van der Waals surface area contributed by atoms with Gasteiger partial charge >= 0.3 is 5.97 Å². The number of Topliss-reactive ketones (excluding diaryl/α,β-unsaturated/α-hetero) is 1. The molecule has 0 atom stereocenters. The lowest BCUT2D eigenvalue weighted by Crippen LogP contribution is -2.24. The summed E-state index contributed by atoms with van der Waals surface area (Å²) in [5.41, 5.74) is 2.01. The van der Waals surface area contributed by atoms with Crippen LogP contribution in [0.5, 0.6) is 0 Å². The van der Waals surface area contributed by atoms with E-state index >= 15 is 0 Å². The third-order valence-corrected chi connectivity index (χ3v) is 6.17. The molecular formula is C22H19NO4S. The Bertz CT molecular complexity index is 1090. The lowest BCUT2D eigenvalue weighted by molar-refractivity contribution is -0.117. The van der Waals surface area contributed by atoms with Crippen molar-refractivity contribution in [3.05, 3.63) is 64.5 Å². The Balaban J connectivity index is 1.46. The third kappa shape index (κ3) is 3.43. The fraction of sp³-hybridized carbons (Fsp3) is 0.227. The van der Waals surface area contributed by atoms with Crippen molar-refractivity contribution in [3.63, 3.8) is 0 Å². The van der Waals surface area contributed by atoms with Crippen LogP contribution in [0, 0.1) is 6.92 Å². The number of ketones is 1. The number of carbonyl (C=O) groups excluding carboxylic acids is 3. The highest BCUT2D eigenvalue weighted by molar-refractivity contribution is 7.21. The number of benzene rings is 2. The van der Waals surface area contributed by atoms with Gasteiger partial charge in [0.05, 0.1) is 0 Å². The van der Waals surface area contributed by atoms with Crippen molar-refractivity contribution >= 4 is 44.8 Å². The fourth-order valence-corrected chi connectivity index (χ4v) is 4.52. The van der Waals surface area contributed by atoms with E-state index in [1.807, 2.05) is 37.3 Å². The van der Waals surface area contributed by atoms with Gasteiger partial charge in [0, 0.05) is 28.9 Å². The van der Waals surface area contributed by atoms with Crippen molar-refractivity contribution in [2.45, 2.75) is 19.8 Å². The second-order valence-electron chi connectivity index (χ2n) is 6.75. The van der Waals surface area contributed by atoms with Gasteiger partial charge < -0.3 is 9.64 Å². The molecule has 0 N–H and O–H groups in total. The number of rotatable bonds is 5. The van der Waals surface area contributed by atoms with Crippen molar-refractivity contribution in [1.29, 1.82) is 0 Å². The van der Waals surface area contributed by atoms with Crippen LogP contribution in [0.25, 0.3) is 10.1 Å². The van der Waals surface area contributed by atoms with Gasteiger partial charge in [-0.15, -0.1) is 11.3 Å². The van der Waals surface area contributed by atoms with Crippen molar-refractivity contribution in [2.75, 3.05) is 18.1 Å². The SMILES string of the molecule is Cc1c(C(=O)OCC(=O)c2cccc(N3CCCC3=O)c2)sc2ccccc12. The molecule has 1 amide bonds. The summed E-state index contributed by atoms with van der Waals surface area (Å²) in [7, 11) is 0. The highest BCUT2D eigenvalue weighted by Crippen LogP contribution is 2.31. The lowest BCUT2D eigenvalue weighted by Gasteiger charge is -2.16. The summed E-state index contributed by atoms with van der Waals surface area (Å²) in [6, 6.07) is 14.7. The lowest BCUT2D eigenvalue weighted by atomic mass is 10.1. The zero-order valence-corrected chi connectivity index (χ0v) is 16.3. The van der Waals surface area contributed by atoms with Gasteiger partial charge in [0.25, 0.3) is 0 Å². The average molecular weight is 393 g/mol. The van der Waals surface area contributed by atoms with Gasteiger partial charge in [-0.1, -0.05) is 30.3 Å². The Morgan fingerprint density at radius 2 is 1.96 bits per heavy atom. The van der Waals surface area contributed by atoms with Crippen molar-refractivity contribution in [3.8, 4) is 0 Å². The summed E-state index contributed by atoms with van der Waals surface area (Å²) in [4.78, 5) is 39.1. The van der Waals surface area contributed by atoms with Crippen molar-refractivity contribution < 1.29 is 19.1 Å². The normalized spacial score (nSPS) is 13.9. The van der Waals surface area contributed by atoms with Crippen LogP contribution in [0.15, 0.2) is 48.5 Å². The number of nitrogens with zero attached hydrogens (tertiary/aromatic N) is 1. The number of amides is 1. The van der Waals surface area contributed by atoms with Gasteiger partial charge in [-0.2, -0.15) is 0 Å². The molecule has 28 heavy (non-hydrogen) atoms. The van der Waals surface area contributed by atoms with E-state index in [0.717, 1.165) is 22.1 Å². The van der Waals surface area contributed by atoms with E-state index in [9.17, 15) is 14.4 Å². The Hall–Kier alpha value is -2.99. The molecular weight excluding hydrogens is 374 g/mol. The van der Waals surface area contributed by atoms with Crippen LogP contribution in [0.2, 0.25) is 0 Å². The van der Waals surface area contributed by atoms with Gasteiger partial charge in [-0.05, 0) is 42.5 Å². The highest BCUT2D eigenvalue weighted by Gasteiger charge is 2.23. The first-order valence-corrected chi connectivity index (χ1v) is 9.95. The summed E-state index contributed by atoms with van der Waals surface area (Å²) in [5.74, 6) is -0.713. The minimum absolute atomic E-state index is 0.0660. The van der Waals surface area contributed by atoms with Crippen LogP contribution in [-0.2, 0) is 9.53 Å². The second-order valence-corrected chi connectivity index (χ2v) is 7.80. The molecule has 4 rings (SSSR count). The first kappa shape index (κ1) is 18.4. The largest absolute Gasteiger partial charge is 0.453 e. The minimum atomic E-state index is -0.488. The average Bonchev–Trinajstić information content (AvgIpc) is 3.29. The van der Waals surface area contributed by atoms with Crippen LogP contribution in [0.3, 0.4) is 0 Å². The van der Waals surface area contributed by atoms with Crippen molar-refractivity contribution in [2.24, 2.45) is 0 Å². The Labute approximate surface area is 166 Å². The fourth-order valence-electron chi connectivity index (χ4n) is 3.42. The molecule has 0 aliphatic carbocycles. The molecule has 0 spiro atoms. The van der Waals surface area contributed by atoms with Gasteiger partial charge in [-0.25, -0.2) is 4.79 Å². The predicted octanol–water partition coefficient (Wildman–Crippen LogP) is 4.38. The first-order valence-electron chi connectivity index (χ1n) is 9.13. The number of hydrogen-bond acceptors (Lipinski definition) is 5. The standard InChI is InChI=1S/C22H19NO4S/c1-14-17-8-2-3-9-19(17)28-21(14)22(26)27-13-18(24)15-6-4-7-16(12-15)23-11-5-10-20(23)25/h2-4,6-9,12H,5,10-11,13H2,1H3. The van der Waals surface area contributed by atoms with Crippen molar-refractivity contribution in [1.82, 2.24) is 0 Å². The minimum Gasteiger partial charge on any atom is -0.453 e. The van der Waals surface area contributed by atoms with Crippen LogP contribution in [0.4, 0.5) is 5.69 Å². The number of carbonyl (C=O) groups is 3. The van der Waals surface area contributed by atoms with Crippen LogP contribution < -0.4 is 4.90 Å². The number of aryl methyl sites for hydroxylation is 1. The zero-order valence-electron chi connectivity index (χ0n) is 15.4. The van der Waals surface area contributed by atoms with Gasteiger partial charge in [-0.3, -0.25) is 9.59 Å². The van der Waals surface area contributed by atoms with E-state index in [0.29, 0.717) is 29.1 Å². The Kier molecular flexibility index (Phi) is 4.96. The molecule has 1 aliphatic heterocycles. The van der Waals surface area contributed by atoms with E-state index in [1.54, 1.807) is 23.1 Å². The van der Waals surface area contributed by atoms with Gasteiger partial charge in [0.15, 0.2) is 12.4 Å². The molecule has 3 aromatic rings. The maximum absolute atomic E-state index is 12.5. The number of esters is 1. The monoisotopic (exact) mass is 393 g/mol. The smallest absolute Gasteiger partial charge is 0.349 e. The number of thiophene rings is 1. The van der Waals surface area contributed by atoms with E-state index < -0.39 is 5.97 Å². The third-order valence-electron chi connectivity index (χ3n) is 4.92. The Morgan fingerprint density at radius 3 is 2.71 bits per heavy atom. The molecule has 6 heteroatoms.